The number of carbonyl (C=O) groups is 2. The van der Waals surface area contributed by atoms with Crippen molar-refractivity contribution in [1.82, 2.24) is 0 Å². The summed E-state index contributed by atoms with van der Waals surface area (Å²) >= 11 is 11.8. The third-order valence-electron chi connectivity index (χ3n) is 5.44. The average Bonchev–Trinajstić information content (AvgIpc) is 2.77. The van der Waals surface area contributed by atoms with Gasteiger partial charge < -0.3 is 0 Å². The van der Waals surface area contributed by atoms with Crippen LogP contribution in [0.5, 0.6) is 0 Å². The van der Waals surface area contributed by atoms with Crippen molar-refractivity contribution >= 4 is 60.9 Å². The van der Waals surface area contributed by atoms with Gasteiger partial charge in [0.05, 0.1) is 10.6 Å². The van der Waals surface area contributed by atoms with Crippen LogP contribution in [-0.2, 0) is 11.0 Å². The van der Waals surface area contributed by atoms with E-state index in [1.165, 1.54) is 6.92 Å². The molecule has 0 heterocycles. The fourth-order valence-electron chi connectivity index (χ4n) is 3.73. The van der Waals surface area contributed by atoms with Gasteiger partial charge in [0, 0.05) is 32.9 Å². The van der Waals surface area contributed by atoms with E-state index in [9.17, 15) is 49.1 Å². The standard InChI is InChI=1S/C25H17Br2ClF10O2/c1-11(4-14(39)10-23(30,31)32)5-21(40)15-3-2-12(6-17(15)25(36,37)38)20(29)9-16(24(33,34)35)13-7-18(26)22(28)19(27)8-13/h2-3,6-9,11,16H,4-5,10H2,1H3/b20-9-/t11-,16?/m1/s1. The van der Waals surface area contributed by atoms with Crippen LogP contribution in [-0.4, -0.2) is 23.9 Å². The van der Waals surface area contributed by atoms with E-state index in [1.54, 1.807) is 0 Å². The summed E-state index contributed by atoms with van der Waals surface area (Å²) in [5, 5.41) is 0.0308. The van der Waals surface area contributed by atoms with Gasteiger partial charge in [0.15, 0.2) is 5.78 Å². The van der Waals surface area contributed by atoms with E-state index in [-0.39, 0.29) is 26.1 Å². The first-order valence-electron chi connectivity index (χ1n) is 11.0. The van der Waals surface area contributed by atoms with Gasteiger partial charge >= 0.3 is 18.5 Å². The third kappa shape index (κ3) is 9.57. The number of Topliss-reactive ketones (excluding diaryl/α,β-unsaturated/α-hetero) is 2. The first-order valence-corrected chi connectivity index (χ1v) is 13.0. The lowest BCUT2D eigenvalue weighted by molar-refractivity contribution is -0.152. The molecule has 2 aromatic rings. The molecule has 220 valence electrons. The van der Waals surface area contributed by atoms with Crippen LogP contribution in [0.4, 0.5) is 43.9 Å². The summed E-state index contributed by atoms with van der Waals surface area (Å²) in [5.41, 5.74) is -4.02. The van der Waals surface area contributed by atoms with Crippen LogP contribution in [0.15, 0.2) is 45.4 Å². The van der Waals surface area contributed by atoms with Crippen molar-refractivity contribution in [3.63, 3.8) is 0 Å². The maximum absolute atomic E-state index is 15.0. The highest BCUT2D eigenvalue weighted by Crippen LogP contribution is 2.43. The Kier molecular flexibility index (Phi) is 11.1. The largest absolute Gasteiger partial charge is 0.417 e. The number of halogens is 13. The number of alkyl halides is 9. The van der Waals surface area contributed by atoms with Crippen LogP contribution in [0.3, 0.4) is 0 Å². The Morgan fingerprint density at radius 3 is 1.95 bits per heavy atom. The molecule has 2 nitrogen and oxygen atoms in total. The molecule has 2 aromatic carbocycles. The van der Waals surface area contributed by atoms with Gasteiger partial charge in [-0.25, -0.2) is 4.39 Å². The molecular weight excluding hydrogens is 718 g/mol. The normalized spacial score (nSPS) is 14.7. The topological polar surface area (TPSA) is 34.1 Å². The number of hydrogen-bond donors (Lipinski definition) is 0. The number of ketones is 2. The van der Waals surface area contributed by atoms with Crippen LogP contribution in [0.1, 0.15) is 59.2 Å². The van der Waals surface area contributed by atoms with Crippen LogP contribution < -0.4 is 0 Å². The Bertz CT molecular complexity index is 1280. The predicted octanol–water partition coefficient (Wildman–Crippen LogP) is 10.7. The maximum Gasteiger partial charge on any atom is 0.417 e. The van der Waals surface area contributed by atoms with E-state index in [1.807, 2.05) is 0 Å². The summed E-state index contributed by atoms with van der Waals surface area (Å²) in [7, 11) is 0. The minimum atomic E-state index is -5.24. The highest BCUT2D eigenvalue weighted by molar-refractivity contribution is 9.11. The second-order valence-electron chi connectivity index (χ2n) is 8.86. The lowest BCUT2D eigenvalue weighted by Crippen LogP contribution is -2.20. The molecule has 0 bridgehead atoms. The highest BCUT2D eigenvalue weighted by Gasteiger charge is 2.41. The molecule has 0 amide bonds. The van der Waals surface area contributed by atoms with Gasteiger partial charge in [0.25, 0.3) is 0 Å². The van der Waals surface area contributed by atoms with Gasteiger partial charge in [0.1, 0.15) is 23.9 Å². The number of allylic oxidation sites excluding steroid dienone is 1. The van der Waals surface area contributed by atoms with Crippen molar-refractivity contribution in [2.24, 2.45) is 5.92 Å². The molecule has 0 saturated carbocycles. The highest BCUT2D eigenvalue weighted by atomic mass is 79.9. The van der Waals surface area contributed by atoms with Crippen LogP contribution in [0.25, 0.3) is 5.83 Å². The van der Waals surface area contributed by atoms with E-state index in [0.717, 1.165) is 12.1 Å². The molecule has 1 unspecified atom stereocenters. The van der Waals surface area contributed by atoms with E-state index in [0.29, 0.717) is 12.1 Å². The smallest absolute Gasteiger partial charge is 0.299 e. The first kappa shape index (κ1) is 34.3. The minimum absolute atomic E-state index is 0.0308. The van der Waals surface area contributed by atoms with Gasteiger partial charge in [-0.3, -0.25) is 9.59 Å². The van der Waals surface area contributed by atoms with Crippen LogP contribution in [0.2, 0.25) is 5.02 Å². The Morgan fingerprint density at radius 2 is 1.48 bits per heavy atom. The molecule has 0 aliphatic heterocycles. The number of rotatable bonds is 9. The predicted molar refractivity (Wildman–Crippen MR) is 135 cm³/mol. The van der Waals surface area contributed by atoms with E-state index in [4.69, 9.17) is 11.6 Å². The zero-order valence-corrected chi connectivity index (χ0v) is 23.9. The Morgan fingerprint density at radius 1 is 0.925 bits per heavy atom. The summed E-state index contributed by atoms with van der Waals surface area (Å²) in [6, 6.07) is 3.35. The van der Waals surface area contributed by atoms with E-state index in [2.05, 4.69) is 31.9 Å². The van der Waals surface area contributed by atoms with Gasteiger partial charge in [0.2, 0.25) is 0 Å². The van der Waals surface area contributed by atoms with Gasteiger partial charge in [-0.05, 0) is 67.6 Å². The lowest BCUT2D eigenvalue weighted by atomic mass is 9.91. The molecular formula is C25H17Br2ClF10O2. The number of hydrogen-bond acceptors (Lipinski definition) is 2. The van der Waals surface area contributed by atoms with E-state index < -0.39 is 89.3 Å². The van der Waals surface area contributed by atoms with E-state index >= 15 is 4.39 Å². The van der Waals surface area contributed by atoms with Gasteiger partial charge in [-0.2, -0.15) is 39.5 Å². The first-order chi connectivity index (χ1) is 18.1. The molecule has 2 atom stereocenters. The van der Waals surface area contributed by atoms with Crippen LogP contribution >= 0.6 is 43.5 Å². The van der Waals surface area contributed by atoms with Crippen molar-refractivity contribution < 1.29 is 53.5 Å². The summed E-state index contributed by atoms with van der Waals surface area (Å²) < 4.78 is 135. The summed E-state index contributed by atoms with van der Waals surface area (Å²) in [6.45, 7) is 1.20. The van der Waals surface area contributed by atoms with Gasteiger partial charge in [-0.1, -0.05) is 30.7 Å². The molecule has 2 rings (SSSR count). The second kappa shape index (κ2) is 12.9. The zero-order chi connectivity index (χ0) is 30.8. The SMILES string of the molecule is C[C@H](CC(=O)CC(F)(F)F)CC(=O)c1ccc(/C(F)=C/C(c2cc(Br)c(Cl)c(Br)c2)C(F)(F)F)cc1C(F)(F)F. The van der Waals surface area contributed by atoms with Crippen molar-refractivity contribution in [1.29, 1.82) is 0 Å². The summed E-state index contributed by atoms with van der Waals surface area (Å²) in [4.78, 5) is 24.0. The Balaban J connectivity index is 2.44. The van der Waals surface area contributed by atoms with Crippen LogP contribution in [0, 0.1) is 5.92 Å². The number of carbonyl (C=O) groups excluding carboxylic acids is 2. The monoisotopic (exact) mass is 732 g/mol. The van der Waals surface area contributed by atoms with Crippen molar-refractivity contribution in [2.75, 3.05) is 0 Å². The molecule has 0 fully saturated rings. The summed E-state index contributed by atoms with van der Waals surface area (Å²) in [6.07, 6.45) is -18.2. The van der Waals surface area contributed by atoms with Gasteiger partial charge in [-0.15, -0.1) is 0 Å². The molecule has 0 aromatic heterocycles. The summed E-state index contributed by atoms with van der Waals surface area (Å²) in [5.74, 6) is -7.77. The molecule has 0 radical (unpaired) electrons. The molecule has 0 N–H and O–H groups in total. The molecule has 0 aliphatic carbocycles. The third-order valence-corrected chi connectivity index (χ3v) is 7.55. The van der Waals surface area contributed by atoms with Crippen molar-refractivity contribution in [3.8, 4) is 0 Å². The maximum atomic E-state index is 15.0. The fraction of sp³-hybridized carbons (Fsp3) is 0.360. The molecule has 40 heavy (non-hydrogen) atoms. The molecule has 15 heteroatoms. The molecule has 0 spiro atoms. The molecule has 0 saturated heterocycles. The average molecular weight is 735 g/mol. The quantitative estimate of drug-likeness (QED) is 0.146. The molecule has 0 aliphatic rings. The van der Waals surface area contributed by atoms with Crippen molar-refractivity contribution in [2.45, 2.75) is 50.6 Å². The Labute approximate surface area is 243 Å². The lowest BCUT2D eigenvalue weighted by Gasteiger charge is -2.19. The van der Waals surface area contributed by atoms with Crippen molar-refractivity contribution in [3.05, 3.63) is 72.6 Å². The minimum Gasteiger partial charge on any atom is -0.299 e. The Hall–Kier alpha value is -1.93. The zero-order valence-electron chi connectivity index (χ0n) is 20.0. The second-order valence-corrected chi connectivity index (χ2v) is 10.9. The number of benzene rings is 2. The fourth-order valence-corrected chi connectivity index (χ4v) is 5.06.